The monoisotopic (exact) mass is 580 g/mol. The van der Waals surface area contributed by atoms with E-state index < -0.39 is 41.1 Å². The summed E-state index contributed by atoms with van der Waals surface area (Å²) in [5, 5.41) is 6.37. The highest BCUT2D eigenvalue weighted by molar-refractivity contribution is 6.09. The summed E-state index contributed by atoms with van der Waals surface area (Å²) in [6, 6.07) is 19.4. The maximum Gasteiger partial charge on any atom is 0.330 e. The topological polar surface area (TPSA) is 104 Å². The Morgan fingerprint density at radius 2 is 1.44 bits per heavy atom. The first-order chi connectivity index (χ1) is 20.9. The van der Waals surface area contributed by atoms with E-state index >= 15 is 0 Å². The third kappa shape index (κ3) is 4.05. The van der Waals surface area contributed by atoms with Crippen molar-refractivity contribution < 1.29 is 33.3 Å². The summed E-state index contributed by atoms with van der Waals surface area (Å²) < 4.78 is 23.2. The fraction of sp³-hybridized carbons (Fsp3) is 0.353. The van der Waals surface area contributed by atoms with Gasteiger partial charge in [0.05, 0.1) is 20.4 Å². The largest absolute Gasteiger partial charge is 0.497 e. The molecule has 220 valence electrons. The molecule has 0 N–H and O–H groups in total. The predicted molar refractivity (Wildman–Crippen MR) is 156 cm³/mol. The molecule has 0 bridgehead atoms. The number of carbonyl (C=O) groups is 3. The number of esters is 2. The van der Waals surface area contributed by atoms with Crippen LogP contribution in [0.15, 0.2) is 77.9 Å². The third-order valence-corrected chi connectivity index (χ3v) is 9.37. The van der Waals surface area contributed by atoms with Gasteiger partial charge in [-0.2, -0.15) is 5.10 Å². The molecule has 3 fully saturated rings. The lowest BCUT2D eigenvalue weighted by Crippen LogP contribution is -2.60. The second kappa shape index (κ2) is 10.3. The fourth-order valence-electron chi connectivity index (χ4n) is 7.31. The molecule has 3 atom stereocenters. The van der Waals surface area contributed by atoms with E-state index in [1.54, 1.807) is 74.0 Å². The van der Waals surface area contributed by atoms with Crippen molar-refractivity contribution in [2.24, 2.45) is 10.5 Å². The van der Waals surface area contributed by atoms with E-state index in [4.69, 9.17) is 24.0 Å². The third-order valence-electron chi connectivity index (χ3n) is 9.37. The summed E-state index contributed by atoms with van der Waals surface area (Å²) in [5.41, 5.74) is 0.554. The van der Waals surface area contributed by atoms with Gasteiger partial charge < -0.3 is 18.9 Å². The zero-order valence-corrected chi connectivity index (χ0v) is 24.0. The Hall–Kier alpha value is -4.66. The van der Waals surface area contributed by atoms with E-state index in [1.165, 1.54) is 0 Å². The van der Waals surface area contributed by atoms with E-state index in [0.29, 0.717) is 41.0 Å². The molecule has 4 aliphatic rings. The highest BCUT2D eigenvalue weighted by atomic mass is 16.7. The van der Waals surface area contributed by atoms with Crippen molar-refractivity contribution in [3.05, 3.63) is 95.1 Å². The summed E-state index contributed by atoms with van der Waals surface area (Å²) in [6.45, 7) is 0. The van der Waals surface area contributed by atoms with Crippen LogP contribution in [-0.4, -0.2) is 55.0 Å². The van der Waals surface area contributed by atoms with Crippen LogP contribution in [0.25, 0.3) is 0 Å². The number of Topliss-reactive ketones (excluding diaryl/α,β-unsaturated/α-hetero) is 1. The van der Waals surface area contributed by atoms with Gasteiger partial charge in [-0.3, -0.25) is 19.4 Å². The molecule has 3 aliphatic heterocycles. The lowest BCUT2D eigenvalue weighted by molar-refractivity contribution is -0.273. The lowest BCUT2D eigenvalue weighted by atomic mass is 9.65. The van der Waals surface area contributed by atoms with Crippen molar-refractivity contribution in [1.29, 1.82) is 0 Å². The van der Waals surface area contributed by atoms with Crippen LogP contribution in [0.4, 0.5) is 0 Å². The van der Waals surface area contributed by atoms with Gasteiger partial charge >= 0.3 is 11.9 Å². The highest BCUT2D eigenvalue weighted by Crippen LogP contribution is 2.63. The molecule has 1 aliphatic carbocycles. The van der Waals surface area contributed by atoms with E-state index in [0.717, 1.165) is 24.8 Å². The van der Waals surface area contributed by atoms with Gasteiger partial charge in [-0.1, -0.05) is 42.8 Å². The number of hydrazone groups is 1. The average molecular weight is 581 g/mol. The summed E-state index contributed by atoms with van der Waals surface area (Å²) >= 11 is 0. The summed E-state index contributed by atoms with van der Waals surface area (Å²) in [7, 11) is 3.12. The number of hydrogen-bond donors (Lipinski definition) is 0. The number of ketones is 1. The van der Waals surface area contributed by atoms with E-state index in [9.17, 15) is 14.4 Å². The number of hydrogen-bond acceptors (Lipinski definition) is 9. The number of fused-ring (bicyclic) bond motifs is 4. The maximum absolute atomic E-state index is 14.7. The molecule has 0 unspecified atom stereocenters. The SMILES string of the molecule is COc1ccc(C(=O)[C@H]2[C@@H](c3ccc(OC)cc3)C3(C(=O)OC4(CCCCC4)OC3=O)[C@H]3c4ccccc4C=NN23)cc1. The van der Waals surface area contributed by atoms with E-state index in [1.807, 2.05) is 24.3 Å². The van der Waals surface area contributed by atoms with Crippen LogP contribution in [0, 0.1) is 5.41 Å². The zero-order valence-electron chi connectivity index (χ0n) is 24.0. The molecule has 3 heterocycles. The van der Waals surface area contributed by atoms with Gasteiger partial charge in [0.15, 0.2) is 5.78 Å². The maximum atomic E-state index is 14.7. The normalized spacial score (nSPS) is 24.6. The Morgan fingerprint density at radius 1 is 0.837 bits per heavy atom. The molecule has 43 heavy (non-hydrogen) atoms. The van der Waals surface area contributed by atoms with Gasteiger partial charge in [-0.05, 0) is 65.9 Å². The van der Waals surface area contributed by atoms with E-state index in [-0.39, 0.29) is 5.78 Å². The number of rotatable bonds is 5. The fourth-order valence-corrected chi connectivity index (χ4v) is 7.31. The first-order valence-corrected chi connectivity index (χ1v) is 14.6. The number of carbonyl (C=O) groups excluding carboxylic acids is 3. The van der Waals surface area contributed by atoms with Gasteiger partial charge in [0.25, 0.3) is 5.79 Å². The minimum absolute atomic E-state index is 0.291. The van der Waals surface area contributed by atoms with E-state index in [2.05, 4.69) is 0 Å². The molecule has 0 radical (unpaired) electrons. The molecule has 3 aromatic rings. The van der Waals surface area contributed by atoms with Gasteiger partial charge in [0.2, 0.25) is 5.41 Å². The van der Waals surface area contributed by atoms with Gasteiger partial charge in [0.1, 0.15) is 23.6 Å². The first kappa shape index (κ1) is 27.2. The molecule has 0 amide bonds. The van der Waals surface area contributed by atoms with Crippen molar-refractivity contribution >= 4 is 23.9 Å². The summed E-state index contributed by atoms with van der Waals surface area (Å²) in [5.74, 6) is -2.72. The smallest absolute Gasteiger partial charge is 0.330 e. The number of nitrogens with zero attached hydrogens (tertiary/aromatic N) is 2. The van der Waals surface area contributed by atoms with Crippen molar-refractivity contribution in [2.45, 2.75) is 55.9 Å². The van der Waals surface area contributed by atoms with Crippen LogP contribution < -0.4 is 9.47 Å². The molecule has 0 aromatic heterocycles. The molecule has 3 aromatic carbocycles. The predicted octanol–water partition coefficient (Wildman–Crippen LogP) is 5.19. The van der Waals surface area contributed by atoms with Gasteiger partial charge in [-0.25, -0.2) is 0 Å². The molecule has 9 heteroatoms. The molecular weight excluding hydrogens is 548 g/mol. The minimum atomic E-state index is -1.90. The number of methoxy groups -OCH3 is 2. The number of ether oxygens (including phenoxy) is 4. The summed E-state index contributed by atoms with van der Waals surface area (Å²) in [6.07, 6.45) is 5.13. The standard InChI is InChI=1S/C34H32N2O7/c1-40-24-14-10-21(11-15-24)27-28(29(37)22-12-16-25(41-2)17-13-22)36-30(26-9-5-4-8-23(26)20-35-36)34(27)31(38)42-33(43-32(34)39)18-6-3-7-19-33/h4-5,8-17,20,27-28,30H,3,6-7,18-19H2,1-2H3/t27-,28-,30-/m1/s1. The Bertz CT molecular complexity index is 1590. The number of benzene rings is 3. The van der Waals surface area contributed by atoms with Crippen LogP contribution in [0.5, 0.6) is 11.5 Å². The second-order valence-corrected chi connectivity index (χ2v) is 11.6. The van der Waals surface area contributed by atoms with Gasteiger partial charge in [-0.15, -0.1) is 0 Å². The zero-order chi connectivity index (χ0) is 29.8. The molecule has 9 nitrogen and oxygen atoms in total. The van der Waals surface area contributed by atoms with Crippen LogP contribution in [0.3, 0.4) is 0 Å². The quantitative estimate of drug-likeness (QED) is 0.231. The Morgan fingerprint density at radius 3 is 2.07 bits per heavy atom. The second-order valence-electron chi connectivity index (χ2n) is 11.6. The minimum Gasteiger partial charge on any atom is -0.497 e. The highest BCUT2D eigenvalue weighted by Gasteiger charge is 2.75. The van der Waals surface area contributed by atoms with Crippen molar-refractivity contribution in [3.63, 3.8) is 0 Å². The van der Waals surface area contributed by atoms with Crippen molar-refractivity contribution in [2.75, 3.05) is 14.2 Å². The Labute approximate surface area is 249 Å². The average Bonchev–Trinajstić information content (AvgIpc) is 3.36. The van der Waals surface area contributed by atoms with Crippen LogP contribution in [0.1, 0.15) is 71.1 Å². The lowest BCUT2D eigenvalue weighted by Gasteiger charge is -2.47. The first-order valence-electron chi connectivity index (χ1n) is 14.6. The molecule has 7 rings (SSSR count). The van der Waals surface area contributed by atoms with Crippen molar-refractivity contribution in [3.8, 4) is 11.5 Å². The molecule has 2 spiro atoms. The van der Waals surface area contributed by atoms with Crippen LogP contribution in [0.2, 0.25) is 0 Å². The molecular formula is C34H32N2O7. The molecule has 1 saturated carbocycles. The molecule has 2 saturated heterocycles. The van der Waals surface area contributed by atoms with Crippen LogP contribution >= 0.6 is 0 Å². The van der Waals surface area contributed by atoms with Crippen molar-refractivity contribution in [1.82, 2.24) is 5.01 Å². The van der Waals surface area contributed by atoms with Gasteiger partial charge in [0, 0.05) is 24.3 Å². The Balaban J connectivity index is 1.46. The summed E-state index contributed by atoms with van der Waals surface area (Å²) in [4.78, 5) is 44.0. The van der Waals surface area contributed by atoms with Crippen LogP contribution in [-0.2, 0) is 19.1 Å². The Kier molecular flexibility index (Phi) is 6.49.